The molecule has 156 valence electrons. The summed E-state index contributed by atoms with van der Waals surface area (Å²) in [6, 6.07) is 5.08. The number of hydrogen-bond donors (Lipinski definition) is 0. The number of benzene rings is 1. The zero-order valence-electron chi connectivity index (χ0n) is 17.7. The first-order chi connectivity index (χ1) is 13.4. The first kappa shape index (κ1) is 21.1. The van der Waals surface area contributed by atoms with Gasteiger partial charge in [-0.05, 0) is 42.9 Å². The van der Waals surface area contributed by atoms with E-state index in [2.05, 4.69) is 28.5 Å². The van der Waals surface area contributed by atoms with Crippen LogP contribution < -0.4 is 4.74 Å². The third-order valence-electron chi connectivity index (χ3n) is 6.11. The van der Waals surface area contributed by atoms with Crippen molar-refractivity contribution in [1.29, 1.82) is 0 Å². The molecule has 0 aliphatic carbocycles. The Bertz CT molecular complexity index is 666. The van der Waals surface area contributed by atoms with Gasteiger partial charge in [0.15, 0.2) is 11.6 Å². The quantitative estimate of drug-likeness (QED) is 0.773. The number of hydrogen-bond acceptors (Lipinski definition) is 4. The van der Waals surface area contributed by atoms with Crippen molar-refractivity contribution in [3.63, 3.8) is 0 Å². The van der Waals surface area contributed by atoms with Crippen LogP contribution in [0.3, 0.4) is 0 Å². The molecule has 2 fully saturated rings. The van der Waals surface area contributed by atoms with E-state index in [9.17, 15) is 9.18 Å². The number of piperazine rings is 1. The molecule has 5 nitrogen and oxygen atoms in total. The Hall–Kier alpha value is -1.66. The number of methoxy groups -OCH3 is 1. The lowest BCUT2D eigenvalue weighted by Crippen LogP contribution is -2.56. The Labute approximate surface area is 168 Å². The summed E-state index contributed by atoms with van der Waals surface area (Å²) >= 11 is 0. The van der Waals surface area contributed by atoms with Crippen LogP contribution in [-0.2, 0) is 11.3 Å². The van der Waals surface area contributed by atoms with Crippen molar-refractivity contribution in [1.82, 2.24) is 14.7 Å². The van der Waals surface area contributed by atoms with E-state index in [1.165, 1.54) is 13.5 Å². The van der Waals surface area contributed by atoms with Crippen molar-refractivity contribution in [3.05, 3.63) is 29.6 Å². The van der Waals surface area contributed by atoms with Crippen molar-refractivity contribution in [2.24, 2.45) is 11.8 Å². The minimum atomic E-state index is -0.317. The van der Waals surface area contributed by atoms with E-state index >= 15 is 0 Å². The summed E-state index contributed by atoms with van der Waals surface area (Å²) < 4.78 is 18.9. The highest BCUT2D eigenvalue weighted by atomic mass is 19.1. The third-order valence-corrected chi connectivity index (χ3v) is 6.11. The van der Waals surface area contributed by atoms with E-state index in [0.29, 0.717) is 11.8 Å². The molecule has 0 unspecified atom stereocenters. The maximum absolute atomic E-state index is 13.9. The van der Waals surface area contributed by atoms with Crippen LogP contribution in [0.2, 0.25) is 0 Å². The molecular weight excluding hydrogens is 357 g/mol. The molecule has 0 aromatic heterocycles. The predicted molar refractivity (Wildman–Crippen MR) is 109 cm³/mol. The van der Waals surface area contributed by atoms with Crippen LogP contribution in [-0.4, -0.2) is 73.0 Å². The smallest absolute Gasteiger partial charge is 0.239 e. The lowest BCUT2D eigenvalue weighted by atomic mass is 9.91. The number of halogens is 1. The van der Waals surface area contributed by atoms with Crippen LogP contribution in [0.15, 0.2) is 18.2 Å². The van der Waals surface area contributed by atoms with Crippen molar-refractivity contribution >= 4 is 5.91 Å². The number of rotatable bonds is 5. The van der Waals surface area contributed by atoms with Gasteiger partial charge >= 0.3 is 0 Å². The number of ether oxygens (including phenoxy) is 1. The van der Waals surface area contributed by atoms with E-state index in [4.69, 9.17) is 4.74 Å². The minimum absolute atomic E-state index is 0.0712. The van der Waals surface area contributed by atoms with Crippen molar-refractivity contribution < 1.29 is 13.9 Å². The van der Waals surface area contributed by atoms with Gasteiger partial charge in [-0.15, -0.1) is 0 Å². The van der Waals surface area contributed by atoms with Gasteiger partial charge < -0.3 is 9.64 Å². The third kappa shape index (κ3) is 5.03. The van der Waals surface area contributed by atoms with Gasteiger partial charge in [-0.1, -0.05) is 19.9 Å². The van der Waals surface area contributed by atoms with E-state index in [1.54, 1.807) is 12.1 Å². The molecule has 2 saturated heterocycles. The second-order valence-electron chi connectivity index (χ2n) is 8.65. The Morgan fingerprint density at radius 1 is 1.18 bits per heavy atom. The van der Waals surface area contributed by atoms with Crippen LogP contribution in [0.25, 0.3) is 0 Å². The number of nitrogens with zero attached hydrogens (tertiary/aromatic N) is 3. The fourth-order valence-electron chi connectivity index (χ4n) is 4.64. The summed E-state index contributed by atoms with van der Waals surface area (Å²) in [5.74, 6) is 1.40. The zero-order chi connectivity index (χ0) is 20.3. The second kappa shape index (κ2) is 9.23. The molecule has 1 aromatic carbocycles. The maximum Gasteiger partial charge on any atom is 0.239 e. The van der Waals surface area contributed by atoms with E-state index in [0.717, 1.165) is 51.4 Å². The topological polar surface area (TPSA) is 36.0 Å². The molecule has 0 bridgehead atoms. The lowest BCUT2D eigenvalue weighted by Gasteiger charge is -2.41. The highest BCUT2D eigenvalue weighted by molar-refractivity contribution is 5.81. The van der Waals surface area contributed by atoms with Crippen LogP contribution in [0.5, 0.6) is 5.75 Å². The van der Waals surface area contributed by atoms with Gasteiger partial charge in [0.05, 0.1) is 13.2 Å². The molecule has 0 radical (unpaired) electrons. The van der Waals surface area contributed by atoms with Gasteiger partial charge in [-0.3, -0.25) is 14.6 Å². The second-order valence-corrected chi connectivity index (χ2v) is 8.65. The van der Waals surface area contributed by atoms with Crippen LogP contribution in [0.1, 0.15) is 32.8 Å². The largest absolute Gasteiger partial charge is 0.494 e. The molecule has 1 amide bonds. The molecular formula is C22H34FN3O2. The van der Waals surface area contributed by atoms with Gasteiger partial charge in [0.25, 0.3) is 0 Å². The van der Waals surface area contributed by atoms with Crippen molar-refractivity contribution in [3.8, 4) is 5.75 Å². The molecule has 6 heteroatoms. The monoisotopic (exact) mass is 391 g/mol. The Kier molecular flexibility index (Phi) is 6.94. The molecule has 3 rings (SSSR count). The van der Waals surface area contributed by atoms with Crippen LogP contribution in [0.4, 0.5) is 4.39 Å². The predicted octanol–water partition coefficient (Wildman–Crippen LogP) is 2.84. The van der Waals surface area contributed by atoms with Crippen molar-refractivity contribution in [2.45, 2.75) is 39.8 Å². The molecule has 0 N–H and O–H groups in total. The number of likely N-dealkylation sites (tertiary alicyclic amines) is 1. The maximum atomic E-state index is 13.9. The van der Waals surface area contributed by atoms with E-state index < -0.39 is 0 Å². The highest BCUT2D eigenvalue weighted by Crippen LogP contribution is 2.23. The summed E-state index contributed by atoms with van der Waals surface area (Å²) in [6.07, 6.45) is 1.21. The SMILES string of the molecule is COc1ccc(CN2CCN([C@@H](C)C(=O)N3C[C@H](C)C[C@H](C)C3)CC2)cc1F. The first-order valence-electron chi connectivity index (χ1n) is 10.4. The Morgan fingerprint density at radius 2 is 1.82 bits per heavy atom. The molecule has 2 aliphatic heterocycles. The molecule has 2 aliphatic rings. The van der Waals surface area contributed by atoms with Gasteiger partial charge in [-0.25, -0.2) is 4.39 Å². The van der Waals surface area contributed by atoms with Gasteiger partial charge in [0.2, 0.25) is 5.91 Å². The fourth-order valence-corrected chi connectivity index (χ4v) is 4.64. The highest BCUT2D eigenvalue weighted by Gasteiger charge is 2.32. The summed E-state index contributed by atoms with van der Waals surface area (Å²) in [4.78, 5) is 19.6. The average Bonchev–Trinajstić information content (AvgIpc) is 2.67. The molecule has 0 saturated carbocycles. The minimum Gasteiger partial charge on any atom is -0.494 e. The van der Waals surface area contributed by atoms with Crippen molar-refractivity contribution in [2.75, 3.05) is 46.4 Å². The molecule has 28 heavy (non-hydrogen) atoms. The first-order valence-corrected chi connectivity index (χ1v) is 10.4. The summed E-state index contributed by atoms with van der Waals surface area (Å²) in [5, 5.41) is 0. The number of carbonyl (C=O) groups is 1. The summed E-state index contributed by atoms with van der Waals surface area (Å²) in [5.41, 5.74) is 0.951. The summed E-state index contributed by atoms with van der Waals surface area (Å²) in [6.45, 7) is 12.5. The standard InChI is InChI=1S/C22H34FN3O2/c1-16-11-17(2)14-26(13-16)22(27)18(3)25-9-7-24(8-10-25)15-19-5-6-21(28-4)20(23)12-19/h5-6,12,16-18H,7-11,13-15H2,1-4H3/t16-,17+,18-/m0/s1. The van der Waals surface area contributed by atoms with Crippen LogP contribution in [0, 0.1) is 17.7 Å². The Balaban J connectivity index is 1.50. The number of carbonyl (C=O) groups excluding carboxylic acids is 1. The van der Waals surface area contributed by atoms with E-state index in [-0.39, 0.29) is 23.5 Å². The Morgan fingerprint density at radius 3 is 2.39 bits per heavy atom. The molecule has 2 heterocycles. The van der Waals surface area contributed by atoms with Gasteiger partial charge in [0, 0.05) is 45.8 Å². The van der Waals surface area contributed by atoms with Gasteiger partial charge in [0.1, 0.15) is 0 Å². The number of piperidine rings is 1. The fraction of sp³-hybridized carbons (Fsp3) is 0.682. The average molecular weight is 392 g/mol. The van der Waals surface area contributed by atoms with Crippen LogP contribution >= 0.6 is 0 Å². The van der Waals surface area contributed by atoms with E-state index in [1.807, 2.05) is 13.0 Å². The summed E-state index contributed by atoms with van der Waals surface area (Å²) in [7, 11) is 1.48. The number of amides is 1. The van der Waals surface area contributed by atoms with Gasteiger partial charge in [-0.2, -0.15) is 0 Å². The molecule has 3 atom stereocenters. The lowest BCUT2D eigenvalue weighted by molar-refractivity contribution is -0.139. The molecule has 0 spiro atoms. The normalized spacial score (nSPS) is 25.5. The molecule has 1 aromatic rings. The zero-order valence-corrected chi connectivity index (χ0v) is 17.7.